The summed E-state index contributed by atoms with van der Waals surface area (Å²) in [6, 6.07) is 8.24. The van der Waals surface area contributed by atoms with Gasteiger partial charge in [0, 0.05) is 31.8 Å². The first kappa shape index (κ1) is 20.3. The fourth-order valence-corrected chi connectivity index (χ4v) is 2.66. The van der Waals surface area contributed by atoms with Gasteiger partial charge in [0.15, 0.2) is 5.82 Å². The van der Waals surface area contributed by atoms with Crippen LogP contribution in [0.15, 0.2) is 45.5 Å². The molecule has 0 unspecified atom stereocenters. The van der Waals surface area contributed by atoms with Gasteiger partial charge in [0.05, 0.1) is 25.0 Å². The minimum Gasteiger partial charge on any atom is -0.469 e. The SMILES string of the molecule is COCCc1noc(CN(C)C(=O)c2ccc(NC(=O)c3ccoc3C)cc2)n1. The summed E-state index contributed by atoms with van der Waals surface area (Å²) in [5.74, 6) is 0.961. The van der Waals surface area contributed by atoms with Gasteiger partial charge in [0.1, 0.15) is 5.76 Å². The number of aryl methyl sites for hydroxylation is 1. The summed E-state index contributed by atoms with van der Waals surface area (Å²) in [4.78, 5) is 30.5. The van der Waals surface area contributed by atoms with Crippen LogP contribution in [0.1, 0.15) is 38.2 Å². The number of ether oxygens (including phenoxy) is 1. The first-order valence-electron chi connectivity index (χ1n) is 8.99. The maximum atomic E-state index is 12.6. The van der Waals surface area contributed by atoms with Crippen LogP contribution in [-0.2, 0) is 17.7 Å². The van der Waals surface area contributed by atoms with Crippen LogP contribution in [0.2, 0.25) is 0 Å². The van der Waals surface area contributed by atoms with E-state index in [9.17, 15) is 9.59 Å². The van der Waals surface area contributed by atoms with E-state index in [1.54, 1.807) is 51.4 Å². The molecule has 3 rings (SSSR count). The zero-order valence-corrected chi connectivity index (χ0v) is 16.5. The van der Waals surface area contributed by atoms with Gasteiger partial charge in [0.2, 0.25) is 5.89 Å². The lowest BCUT2D eigenvalue weighted by Gasteiger charge is -2.15. The third-order valence-electron chi connectivity index (χ3n) is 4.25. The molecule has 0 fully saturated rings. The summed E-state index contributed by atoms with van der Waals surface area (Å²) in [6.45, 7) is 2.41. The number of aromatic nitrogens is 2. The van der Waals surface area contributed by atoms with Gasteiger partial charge in [0.25, 0.3) is 11.8 Å². The first-order chi connectivity index (χ1) is 14.0. The summed E-state index contributed by atoms with van der Waals surface area (Å²) in [6.07, 6.45) is 2.01. The molecule has 3 aromatic rings. The fraction of sp³-hybridized carbons (Fsp3) is 0.300. The molecule has 1 N–H and O–H groups in total. The van der Waals surface area contributed by atoms with E-state index in [1.165, 1.54) is 11.2 Å². The van der Waals surface area contributed by atoms with Crippen LogP contribution in [0.5, 0.6) is 0 Å². The predicted octanol–water partition coefficient (Wildman–Crippen LogP) is 2.68. The molecule has 29 heavy (non-hydrogen) atoms. The van der Waals surface area contributed by atoms with Crippen LogP contribution in [-0.4, -0.2) is 47.6 Å². The van der Waals surface area contributed by atoms with Crippen molar-refractivity contribution in [1.29, 1.82) is 0 Å². The van der Waals surface area contributed by atoms with Crippen molar-refractivity contribution in [2.75, 3.05) is 26.1 Å². The Hall–Kier alpha value is -3.46. The summed E-state index contributed by atoms with van der Waals surface area (Å²) in [7, 11) is 3.25. The van der Waals surface area contributed by atoms with Gasteiger partial charge in [-0.3, -0.25) is 9.59 Å². The Bertz CT molecular complexity index is 977. The number of rotatable bonds is 8. The van der Waals surface area contributed by atoms with E-state index < -0.39 is 0 Å². The number of nitrogens with zero attached hydrogens (tertiary/aromatic N) is 3. The molecular formula is C20H22N4O5. The van der Waals surface area contributed by atoms with Crippen molar-refractivity contribution in [2.45, 2.75) is 19.9 Å². The van der Waals surface area contributed by atoms with E-state index in [0.717, 1.165) is 0 Å². The van der Waals surface area contributed by atoms with E-state index in [1.807, 2.05) is 0 Å². The standard InChI is InChI=1S/C20H22N4O5/c1-13-16(8-11-28-13)19(25)21-15-6-4-14(5-7-15)20(26)24(2)12-18-22-17(23-29-18)9-10-27-3/h4-8,11H,9-10,12H2,1-3H3,(H,21,25). The smallest absolute Gasteiger partial charge is 0.259 e. The number of benzene rings is 1. The molecule has 2 amide bonds. The van der Waals surface area contributed by atoms with Crippen LogP contribution in [0, 0.1) is 6.92 Å². The van der Waals surface area contributed by atoms with Gasteiger partial charge in [-0.25, -0.2) is 0 Å². The normalized spacial score (nSPS) is 10.7. The Morgan fingerprint density at radius 3 is 2.62 bits per heavy atom. The van der Waals surface area contributed by atoms with Gasteiger partial charge in [-0.1, -0.05) is 5.16 Å². The minimum atomic E-state index is -0.270. The van der Waals surface area contributed by atoms with Gasteiger partial charge in [-0.05, 0) is 37.3 Å². The van der Waals surface area contributed by atoms with Gasteiger partial charge < -0.3 is 23.9 Å². The van der Waals surface area contributed by atoms with Crippen molar-refractivity contribution < 1.29 is 23.3 Å². The molecule has 0 spiro atoms. The molecule has 0 radical (unpaired) electrons. The average molecular weight is 398 g/mol. The predicted molar refractivity (Wildman–Crippen MR) is 104 cm³/mol. The third kappa shape index (κ3) is 5.08. The van der Waals surface area contributed by atoms with Crippen molar-refractivity contribution in [1.82, 2.24) is 15.0 Å². The molecule has 0 aliphatic carbocycles. The van der Waals surface area contributed by atoms with Crippen molar-refractivity contribution >= 4 is 17.5 Å². The summed E-state index contributed by atoms with van der Waals surface area (Å²) in [5, 5.41) is 6.63. The molecule has 0 aliphatic rings. The molecule has 9 heteroatoms. The van der Waals surface area contributed by atoms with Crippen LogP contribution < -0.4 is 5.32 Å². The molecule has 0 aliphatic heterocycles. The van der Waals surface area contributed by atoms with Gasteiger partial charge >= 0.3 is 0 Å². The lowest BCUT2D eigenvalue weighted by Crippen LogP contribution is -2.26. The number of carbonyl (C=O) groups excluding carboxylic acids is 2. The Balaban J connectivity index is 1.58. The zero-order valence-electron chi connectivity index (χ0n) is 16.5. The highest BCUT2D eigenvalue weighted by atomic mass is 16.5. The number of carbonyl (C=O) groups is 2. The number of hydrogen-bond acceptors (Lipinski definition) is 7. The maximum Gasteiger partial charge on any atom is 0.259 e. The van der Waals surface area contributed by atoms with Gasteiger partial charge in [-0.2, -0.15) is 4.98 Å². The summed E-state index contributed by atoms with van der Waals surface area (Å²) >= 11 is 0. The van der Waals surface area contributed by atoms with Crippen LogP contribution in [0.25, 0.3) is 0 Å². The number of methoxy groups -OCH3 is 1. The van der Waals surface area contributed by atoms with E-state index in [0.29, 0.717) is 47.3 Å². The molecular weight excluding hydrogens is 376 g/mol. The van der Waals surface area contributed by atoms with E-state index >= 15 is 0 Å². The molecule has 2 aromatic heterocycles. The van der Waals surface area contributed by atoms with Gasteiger partial charge in [-0.15, -0.1) is 0 Å². The van der Waals surface area contributed by atoms with Crippen molar-refractivity contribution in [2.24, 2.45) is 0 Å². The largest absolute Gasteiger partial charge is 0.469 e. The lowest BCUT2D eigenvalue weighted by molar-refractivity contribution is 0.0769. The number of furan rings is 1. The molecule has 0 atom stereocenters. The summed E-state index contributed by atoms with van der Waals surface area (Å²) in [5.41, 5.74) is 1.52. The highest BCUT2D eigenvalue weighted by molar-refractivity contribution is 6.05. The molecule has 2 heterocycles. The number of nitrogens with one attached hydrogen (secondary N) is 1. The zero-order chi connectivity index (χ0) is 20.8. The molecule has 152 valence electrons. The van der Waals surface area contributed by atoms with E-state index in [4.69, 9.17) is 13.7 Å². The molecule has 0 bridgehead atoms. The second kappa shape index (κ2) is 9.16. The van der Waals surface area contributed by atoms with Crippen molar-refractivity contribution in [3.63, 3.8) is 0 Å². The quantitative estimate of drug-likeness (QED) is 0.621. The third-order valence-corrected chi connectivity index (χ3v) is 4.25. The lowest BCUT2D eigenvalue weighted by atomic mass is 10.1. The molecule has 0 saturated carbocycles. The Morgan fingerprint density at radius 1 is 1.21 bits per heavy atom. The maximum absolute atomic E-state index is 12.6. The number of hydrogen-bond donors (Lipinski definition) is 1. The molecule has 0 saturated heterocycles. The monoisotopic (exact) mass is 398 g/mol. The Labute approximate surface area is 167 Å². The fourth-order valence-electron chi connectivity index (χ4n) is 2.66. The van der Waals surface area contributed by atoms with Crippen LogP contribution in [0.4, 0.5) is 5.69 Å². The Morgan fingerprint density at radius 2 is 1.97 bits per heavy atom. The Kier molecular flexibility index (Phi) is 6.40. The molecule has 1 aromatic carbocycles. The van der Waals surface area contributed by atoms with Crippen molar-refractivity contribution in [3.8, 4) is 0 Å². The minimum absolute atomic E-state index is 0.192. The number of anilines is 1. The van der Waals surface area contributed by atoms with E-state index in [2.05, 4.69) is 15.5 Å². The van der Waals surface area contributed by atoms with E-state index in [-0.39, 0.29) is 18.4 Å². The molecule has 9 nitrogen and oxygen atoms in total. The second-order valence-corrected chi connectivity index (χ2v) is 6.43. The summed E-state index contributed by atoms with van der Waals surface area (Å²) < 4.78 is 15.3. The number of amides is 2. The highest BCUT2D eigenvalue weighted by Gasteiger charge is 2.16. The van der Waals surface area contributed by atoms with Crippen LogP contribution >= 0.6 is 0 Å². The van der Waals surface area contributed by atoms with Crippen LogP contribution in [0.3, 0.4) is 0 Å². The highest BCUT2D eigenvalue weighted by Crippen LogP contribution is 2.15. The second-order valence-electron chi connectivity index (χ2n) is 6.43. The first-order valence-corrected chi connectivity index (χ1v) is 8.99. The topological polar surface area (TPSA) is 111 Å². The average Bonchev–Trinajstić information content (AvgIpc) is 3.35. The van der Waals surface area contributed by atoms with Crippen molar-refractivity contribution in [3.05, 3.63) is 65.2 Å².